The summed E-state index contributed by atoms with van der Waals surface area (Å²) in [5, 5.41) is 3.54. The Kier molecular flexibility index (Phi) is 7.01. The Bertz CT molecular complexity index is 169. The van der Waals surface area contributed by atoms with E-state index in [4.69, 9.17) is 4.74 Å². The van der Waals surface area contributed by atoms with Gasteiger partial charge in [0.15, 0.2) is 0 Å². The van der Waals surface area contributed by atoms with Crippen molar-refractivity contribution < 1.29 is 4.74 Å². The van der Waals surface area contributed by atoms with Gasteiger partial charge in [-0.25, -0.2) is 0 Å². The van der Waals surface area contributed by atoms with Crippen molar-refractivity contribution in [2.24, 2.45) is 0 Å². The normalized spacial score (nSPS) is 22.9. The van der Waals surface area contributed by atoms with Crippen LogP contribution in [0, 0.1) is 0 Å². The molecule has 1 N–H and O–H groups in total. The van der Waals surface area contributed by atoms with Gasteiger partial charge in [-0.05, 0) is 32.9 Å². The monoisotopic (exact) mass is 228 g/mol. The highest BCUT2D eigenvalue weighted by molar-refractivity contribution is 4.80. The molecule has 1 saturated heterocycles. The van der Waals surface area contributed by atoms with Gasteiger partial charge in [-0.3, -0.25) is 4.90 Å². The molecule has 0 aromatic rings. The molecule has 0 aromatic carbocycles. The summed E-state index contributed by atoms with van der Waals surface area (Å²) in [5.41, 5.74) is 0. The molecule has 1 aliphatic heterocycles. The topological polar surface area (TPSA) is 24.5 Å². The number of nitrogens with one attached hydrogen (secondary N) is 1. The quantitative estimate of drug-likeness (QED) is 0.642. The third-order valence-electron chi connectivity index (χ3n) is 3.49. The van der Waals surface area contributed by atoms with Gasteiger partial charge in [0, 0.05) is 25.2 Å². The molecule has 0 aliphatic carbocycles. The van der Waals surface area contributed by atoms with Gasteiger partial charge >= 0.3 is 0 Å². The lowest BCUT2D eigenvalue weighted by Gasteiger charge is -2.32. The molecule has 0 radical (unpaired) electrons. The summed E-state index contributed by atoms with van der Waals surface area (Å²) < 4.78 is 5.47. The summed E-state index contributed by atoms with van der Waals surface area (Å²) in [4.78, 5) is 2.53. The van der Waals surface area contributed by atoms with Crippen LogP contribution in [0.4, 0.5) is 0 Å². The SMILES string of the molecule is CCCNCC(CCC)N(C)C1CCOC1. The molecule has 96 valence electrons. The van der Waals surface area contributed by atoms with Gasteiger partial charge in [0.05, 0.1) is 6.61 Å². The summed E-state index contributed by atoms with van der Waals surface area (Å²) >= 11 is 0. The smallest absolute Gasteiger partial charge is 0.0622 e. The lowest BCUT2D eigenvalue weighted by Crippen LogP contribution is -2.46. The zero-order valence-electron chi connectivity index (χ0n) is 11.2. The Labute approximate surface area is 101 Å². The van der Waals surface area contributed by atoms with Gasteiger partial charge in [-0.2, -0.15) is 0 Å². The number of ether oxygens (including phenoxy) is 1. The summed E-state index contributed by atoms with van der Waals surface area (Å²) in [5.74, 6) is 0. The minimum atomic E-state index is 0.639. The van der Waals surface area contributed by atoms with Crippen LogP contribution in [0.5, 0.6) is 0 Å². The van der Waals surface area contributed by atoms with Crippen LogP contribution in [0.3, 0.4) is 0 Å². The molecular formula is C13H28N2O. The number of likely N-dealkylation sites (N-methyl/N-ethyl adjacent to an activating group) is 1. The maximum absolute atomic E-state index is 5.47. The molecule has 1 fully saturated rings. The van der Waals surface area contributed by atoms with Crippen LogP contribution in [-0.2, 0) is 4.74 Å². The predicted octanol–water partition coefficient (Wildman–Crippen LogP) is 1.88. The van der Waals surface area contributed by atoms with Gasteiger partial charge in [0.25, 0.3) is 0 Å². The lowest BCUT2D eigenvalue weighted by atomic mass is 10.1. The van der Waals surface area contributed by atoms with Crippen molar-refractivity contribution in [1.82, 2.24) is 10.2 Å². The molecule has 0 spiro atoms. The molecule has 0 amide bonds. The first-order chi connectivity index (χ1) is 7.79. The molecule has 3 nitrogen and oxygen atoms in total. The highest BCUT2D eigenvalue weighted by Gasteiger charge is 2.25. The second-order valence-corrected chi connectivity index (χ2v) is 4.83. The third kappa shape index (κ3) is 4.40. The molecule has 1 rings (SSSR count). The predicted molar refractivity (Wildman–Crippen MR) is 68.8 cm³/mol. The zero-order valence-corrected chi connectivity index (χ0v) is 11.2. The van der Waals surface area contributed by atoms with Gasteiger partial charge in [-0.1, -0.05) is 20.3 Å². The summed E-state index contributed by atoms with van der Waals surface area (Å²) in [6.07, 6.45) is 4.96. The standard InChI is InChI=1S/C13H28N2O/c1-4-6-12(10-14-8-5-2)15(3)13-7-9-16-11-13/h12-14H,4-11H2,1-3H3. The number of nitrogens with zero attached hydrogens (tertiary/aromatic N) is 1. The van der Waals surface area contributed by atoms with Gasteiger partial charge in [0.2, 0.25) is 0 Å². The Balaban J connectivity index is 2.34. The molecule has 0 aromatic heterocycles. The first kappa shape index (κ1) is 13.9. The van der Waals surface area contributed by atoms with E-state index in [0.29, 0.717) is 12.1 Å². The van der Waals surface area contributed by atoms with E-state index in [1.807, 2.05) is 0 Å². The Morgan fingerprint density at radius 2 is 2.19 bits per heavy atom. The number of hydrogen-bond acceptors (Lipinski definition) is 3. The van der Waals surface area contributed by atoms with Crippen LogP contribution < -0.4 is 5.32 Å². The van der Waals surface area contributed by atoms with E-state index < -0.39 is 0 Å². The van der Waals surface area contributed by atoms with E-state index in [2.05, 4.69) is 31.1 Å². The van der Waals surface area contributed by atoms with Gasteiger partial charge in [-0.15, -0.1) is 0 Å². The average molecular weight is 228 g/mol. The van der Waals surface area contributed by atoms with Crippen molar-refractivity contribution in [3.8, 4) is 0 Å². The van der Waals surface area contributed by atoms with Crippen molar-refractivity contribution in [2.45, 2.75) is 51.6 Å². The highest BCUT2D eigenvalue weighted by Crippen LogP contribution is 2.15. The molecule has 0 bridgehead atoms. The fourth-order valence-electron chi connectivity index (χ4n) is 2.37. The van der Waals surface area contributed by atoms with Gasteiger partial charge < -0.3 is 10.1 Å². The van der Waals surface area contributed by atoms with Crippen molar-refractivity contribution >= 4 is 0 Å². The molecule has 2 atom stereocenters. The fourth-order valence-corrected chi connectivity index (χ4v) is 2.37. The van der Waals surface area contributed by atoms with Gasteiger partial charge in [0.1, 0.15) is 0 Å². The van der Waals surface area contributed by atoms with Crippen LogP contribution in [0.1, 0.15) is 39.5 Å². The second kappa shape index (κ2) is 8.04. The van der Waals surface area contributed by atoms with Crippen molar-refractivity contribution in [1.29, 1.82) is 0 Å². The molecule has 16 heavy (non-hydrogen) atoms. The Morgan fingerprint density at radius 3 is 2.75 bits per heavy atom. The van der Waals surface area contributed by atoms with Crippen LogP contribution in [0.25, 0.3) is 0 Å². The molecular weight excluding hydrogens is 200 g/mol. The molecule has 3 heteroatoms. The maximum atomic E-state index is 5.47. The number of hydrogen-bond donors (Lipinski definition) is 1. The minimum Gasteiger partial charge on any atom is -0.380 e. The lowest BCUT2D eigenvalue weighted by molar-refractivity contribution is 0.126. The Morgan fingerprint density at radius 1 is 1.38 bits per heavy atom. The van der Waals surface area contributed by atoms with E-state index >= 15 is 0 Å². The Hall–Kier alpha value is -0.120. The fraction of sp³-hybridized carbons (Fsp3) is 1.00. The van der Waals surface area contributed by atoms with E-state index in [0.717, 1.165) is 26.3 Å². The van der Waals surface area contributed by atoms with Crippen LogP contribution in [0.2, 0.25) is 0 Å². The first-order valence-corrected chi connectivity index (χ1v) is 6.80. The summed E-state index contributed by atoms with van der Waals surface area (Å²) in [6, 6.07) is 1.31. The van der Waals surface area contributed by atoms with Crippen LogP contribution in [-0.4, -0.2) is 50.3 Å². The summed E-state index contributed by atoms with van der Waals surface area (Å²) in [6.45, 7) is 8.60. The van der Waals surface area contributed by atoms with Crippen molar-refractivity contribution in [2.75, 3.05) is 33.4 Å². The third-order valence-corrected chi connectivity index (χ3v) is 3.49. The molecule has 0 saturated carbocycles. The van der Waals surface area contributed by atoms with E-state index in [9.17, 15) is 0 Å². The molecule has 1 aliphatic rings. The molecule has 1 heterocycles. The second-order valence-electron chi connectivity index (χ2n) is 4.83. The van der Waals surface area contributed by atoms with E-state index in [1.165, 1.54) is 25.7 Å². The molecule has 2 unspecified atom stereocenters. The largest absolute Gasteiger partial charge is 0.380 e. The van der Waals surface area contributed by atoms with Crippen LogP contribution >= 0.6 is 0 Å². The average Bonchev–Trinajstić information content (AvgIpc) is 2.81. The summed E-state index contributed by atoms with van der Waals surface area (Å²) in [7, 11) is 2.26. The van der Waals surface area contributed by atoms with E-state index in [1.54, 1.807) is 0 Å². The highest BCUT2D eigenvalue weighted by atomic mass is 16.5. The van der Waals surface area contributed by atoms with Crippen molar-refractivity contribution in [3.63, 3.8) is 0 Å². The minimum absolute atomic E-state index is 0.639. The van der Waals surface area contributed by atoms with E-state index in [-0.39, 0.29) is 0 Å². The zero-order chi connectivity index (χ0) is 11.8. The number of rotatable bonds is 8. The van der Waals surface area contributed by atoms with Crippen molar-refractivity contribution in [3.05, 3.63) is 0 Å². The maximum Gasteiger partial charge on any atom is 0.0622 e. The van der Waals surface area contributed by atoms with Crippen LogP contribution in [0.15, 0.2) is 0 Å². The first-order valence-electron chi connectivity index (χ1n) is 6.80.